The van der Waals surface area contributed by atoms with Crippen molar-refractivity contribution in [2.45, 2.75) is 6.54 Å². The minimum Gasteiger partial charge on any atom is -0.508 e. The van der Waals surface area contributed by atoms with Gasteiger partial charge in [0.05, 0.1) is 26.1 Å². The predicted molar refractivity (Wildman–Crippen MR) is 111 cm³/mol. The largest absolute Gasteiger partial charge is 0.508 e. The lowest BCUT2D eigenvalue weighted by Crippen LogP contribution is -2.37. The average molecular weight is 405 g/mol. The van der Waals surface area contributed by atoms with Crippen LogP contribution in [-0.2, 0) is 11.3 Å². The van der Waals surface area contributed by atoms with Gasteiger partial charge in [-0.05, 0) is 17.7 Å². The van der Waals surface area contributed by atoms with Crippen LogP contribution in [0.25, 0.3) is 22.4 Å². The molecule has 0 aliphatic carbocycles. The lowest BCUT2D eigenvalue weighted by Gasteiger charge is -2.27. The van der Waals surface area contributed by atoms with Crippen LogP contribution in [0.5, 0.6) is 5.75 Å². The number of phenolic OH excluding ortho intramolecular Hbond substituents is 1. The topological polar surface area (TPSA) is 76.3 Å². The first kappa shape index (κ1) is 18.5. The van der Waals surface area contributed by atoms with Crippen LogP contribution >= 0.6 is 0 Å². The molecule has 1 N–H and O–H groups in total. The zero-order valence-electron chi connectivity index (χ0n) is 16.2. The number of imidazole rings is 1. The molecule has 152 valence electrons. The van der Waals surface area contributed by atoms with Crippen molar-refractivity contribution in [2.75, 3.05) is 31.2 Å². The Hall–Kier alpha value is -3.52. The Kier molecular flexibility index (Phi) is 4.76. The molecule has 2 aromatic heterocycles. The molecule has 1 saturated heterocycles. The highest BCUT2D eigenvalue weighted by Gasteiger charge is 2.21. The van der Waals surface area contributed by atoms with Crippen LogP contribution in [0.4, 0.5) is 10.3 Å². The van der Waals surface area contributed by atoms with E-state index >= 15 is 0 Å². The summed E-state index contributed by atoms with van der Waals surface area (Å²) in [6.45, 7) is 3.14. The third kappa shape index (κ3) is 3.57. The first-order valence-corrected chi connectivity index (χ1v) is 9.77. The van der Waals surface area contributed by atoms with Gasteiger partial charge >= 0.3 is 0 Å². The number of rotatable bonds is 4. The van der Waals surface area contributed by atoms with Gasteiger partial charge in [-0.3, -0.25) is 0 Å². The first-order valence-electron chi connectivity index (χ1n) is 9.77. The van der Waals surface area contributed by atoms with E-state index in [0.717, 1.165) is 11.6 Å². The number of ether oxygens (including phenoxy) is 1. The lowest BCUT2D eigenvalue weighted by molar-refractivity contribution is 0.122. The molecule has 1 aliphatic rings. The van der Waals surface area contributed by atoms with Crippen LogP contribution in [0.1, 0.15) is 5.56 Å². The van der Waals surface area contributed by atoms with Gasteiger partial charge < -0.3 is 19.3 Å². The minimum absolute atomic E-state index is 0.159. The Morgan fingerprint density at radius 3 is 2.60 bits per heavy atom. The first-order chi connectivity index (χ1) is 14.7. The maximum absolute atomic E-state index is 14.0. The number of halogens is 1. The second kappa shape index (κ2) is 7.72. The van der Waals surface area contributed by atoms with Crippen molar-refractivity contribution in [3.05, 3.63) is 66.2 Å². The average Bonchev–Trinajstić information content (AvgIpc) is 3.16. The van der Waals surface area contributed by atoms with E-state index in [2.05, 4.69) is 4.98 Å². The van der Waals surface area contributed by atoms with E-state index in [1.54, 1.807) is 6.33 Å². The Morgan fingerprint density at radius 1 is 1.03 bits per heavy atom. The van der Waals surface area contributed by atoms with Crippen LogP contribution in [0.3, 0.4) is 0 Å². The Morgan fingerprint density at radius 2 is 1.83 bits per heavy atom. The van der Waals surface area contributed by atoms with E-state index in [4.69, 9.17) is 14.7 Å². The second-order valence-electron chi connectivity index (χ2n) is 7.20. The zero-order valence-corrected chi connectivity index (χ0v) is 16.2. The Labute approximate surface area is 172 Å². The smallest absolute Gasteiger partial charge is 0.228 e. The van der Waals surface area contributed by atoms with E-state index in [1.807, 2.05) is 39.8 Å². The summed E-state index contributed by atoms with van der Waals surface area (Å²) in [5.74, 6) is -0.152. The summed E-state index contributed by atoms with van der Waals surface area (Å²) in [4.78, 5) is 16.1. The fourth-order valence-electron chi connectivity index (χ4n) is 3.65. The molecule has 0 atom stereocenters. The number of aromatic hydroxyl groups is 1. The van der Waals surface area contributed by atoms with Gasteiger partial charge in [-0.2, -0.15) is 4.98 Å². The van der Waals surface area contributed by atoms with Crippen LogP contribution in [-0.4, -0.2) is 50.9 Å². The van der Waals surface area contributed by atoms with Gasteiger partial charge in [-0.15, -0.1) is 0 Å². The number of anilines is 1. The van der Waals surface area contributed by atoms with E-state index in [-0.39, 0.29) is 5.75 Å². The summed E-state index contributed by atoms with van der Waals surface area (Å²) in [6, 6.07) is 13.9. The quantitative estimate of drug-likeness (QED) is 0.562. The molecule has 4 aromatic rings. The lowest BCUT2D eigenvalue weighted by atomic mass is 10.1. The summed E-state index contributed by atoms with van der Waals surface area (Å²) in [5, 5.41) is 9.91. The minimum atomic E-state index is -0.534. The molecule has 8 heteroatoms. The normalized spacial score (nSPS) is 14.4. The molecular formula is C22H20FN5O2. The SMILES string of the molecule is Oc1cc(F)cc(-c2nc(N3CCOCC3)nc3c2ncn3Cc2ccccc2)c1. The highest BCUT2D eigenvalue weighted by molar-refractivity contribution is 5.88. The highest BCUT2D eigenvalue weighted by atomic mass is 19.1. The molecule has 0 spiro atoms. The molecule has 0 bridgehead atoms. The fourth-order valence-corrected chi connectivity index (χ4v) is 3.65. The van der Waals surface area contributed by atoms with Crippen LogP contribution in [0.15, 0.2) is 54.9 Å². The summed E-state index contributed by atoms with van der Waals surface area (Å²) in [7, 11) is 0. The van der Waals surface area contributed by atoms with Crippen LogP contribution in [0.2, 0.25) is 0 Å². The summed E-state index contributed by atoms with van der Waals surface area (Å²) < 4.78 is 21.4. The second-order valence-corrected chi connectivity index (χ2v) is 7.20. The zero-order chi connectivity index (χ0) is 20.5. The Balaban J connectivity index is 1.67. The molecular weight excluding hydrogens is 385 g/mol. The summed E-state index contributed by atoms with van der Waals surface area (Å²) in [6.07, 6.45) is 1.72. The molecule has 1 fully saturated rings. The highest BCUT2D eigenvalue weighted by Crippen LogP contribution is 2.30. The molecule has 0 radical (unpaired) electrons. The van der Waals surface area contributed by atoms with Gasteiger partial charge in [-0.25, -0.2) is 14.4 Å². The van der Waals surface area contributed by atoms with E-state index in [9.17, 15) is 9.50 Å². The maximum Gasteiger partial charge on any atom is 0.228 e. The monoisotopic (exact) mass is 405 g/mol. The summed E-state index contributed by atoms with van der Waals surface area (Å²) >= 11 is 0. The van der Waals surface area contributed by atoms with Gasteiger partial charge in [0.15, 0.2) is 5.65 Å². The van der Waals surface area contributed by atoms with E-state index < -0.39 is 5.82 Å². The number of fused-ring (bicyclic) bond motifs is 1. The predicted octanol–water partition coefficient (Wildman–Crippen LogP) is 3.22. The summed E-state index contributed by atoms with van der Waals surface area (Å²) in [5.41, 5.74) is 3.29. The van der Waals surface area contributed by atoms with E-state index in [1.165, 1.54) is 12.1 Å². The molecule has 0 saturated carbocycles. The molecule has 2 aromatic carbocycles. The number of phenols is 1. The maximum atomic E-state index is 14.0. The number of aromatic nitrogens is 4. The molecule has 3 heterocycles. The molecule has 0 unspecified atom stereocenters. The molecule has 30 heavy (non-hydrogen) atoms. The van der Waals surface area contributed by atoms with Gasteiger partial charge in [-0.1, -0.05) is 30.3 Å². The number of nitrogens with zero attached hydrogens (tertiary/aromatic N) is 5. The van der Waals surface area contributed by atoms with Crippen molar-refractivity contribution in [3.8, 4) is 17.0 Å². The van der Waals surface area contributed by atoms with Crippen molar-refractivity contribution in [1.29, 1.82) is 0 Å². The molecule has 1 aliphatic heterocycles. The fraction of sp³-hybridized carbons (Fsp3) is 0.227. The molecule has 0 amide bonds. The number of hydrogen-bond donors (Lipinski definition) is 1. The third-order valence-electron chi connectivity index (χ3n) is 5.10. The van der Waals surface area contributed by atoms with Crippen molar-refractivity contribution in [3.63, 3.8) is 0 Å². The van der Waals surface area contributed by atoms with Crippen molar-refractivity contribution in [1.82, 2.24) is 19.5 Å². The Bertz CT molecular complexity index is 1170. The van der Waals surface area contributed by atoms with Gasteiger partial charge in [0.25, 0.3) is 0 Å². The van der Waals surface area contributed by atoms with E-state index in [0.29, 0.717) is 61.2 Å². The third-order valence-corrected chi connectivity index (χ3v) is 5.10. The van der Waals surface area contributed by atoms with Gasteiger partial charge in [0.2, 0.25) is 5.95 Å². The van der Waals surface area contributed by atoms with Gasteiger partial charge in [0.1, 0.15) is 22.8 Å². The molecule has 7 nitrogen and oxygen atoms in total. The van der Waals surface area contributed by atoms with Crippen LogP contribution in [0, 0.1) is 5.82 Å². The molecule has 5 rings (SSSR count). The van der Waals surface area contributed by atoms with Crippen molar-refractivity contribution in [2.24, 2.45) is 0 Å². The van der Waals surface area contributed by atoms with Crippen LogP contribution < -0.4 is 4.90 Å². The number of morpholine rings is 1. The number of benzene rings is 2. The standard InChI is InChI=1S/C22H20FN5O2/c23-17-10-16(11-18(29)12-17)19-20-21(26-22(25-19)27-6-8-30-9-7-27)28(14-24-20)13-15-4-2-1-3-5-15/h1-5,10-12,14,29H,6-9,13H2. The number of hydrogen-bond acceptors (Lipinski definition) is 6. The van der Waals surface area contributed by atoms with Crippen molar-refractivity contribution < 1.29 is 14.2 Å². The van der Waals surface area contributed by atoms with Gasteiger partial charge in [0, 0.05) is 24.7 Å². The van der Waals surface area contributed by atoms with Crippen molar-refractivity contribution >= 4 is 17.1 Å².